The number of carbonyl (C=O) groups excluding carboxylic acids is 1. The lowest BCUT2D eigenvalue weighted by Crippen LogP contribution is -2.57. The number of nitrogens with one attached hydrogen (secondary N) is 1. The van der Waals surface area contributed by atoms with E-state index in [9.17, 15) is 4.79 Å². The number of hydrogen-bond acceptors (Lipinski definition) is 22. The van der Waals surface area contributed by atoms with Crippen LogP contribution in [0.1, 0.15) is 280 Å². The minimum atomic E-state index is -0.338. The van der Waals surface area contributed by atoms with Crippen LogP contribution < -0.4 is 5.32 Å². The van der Waals surface area contributed by atoms with Crippen LogP contribution in [0.25, 0.3) is 0 Å². The summed E-state index contributed by atoms with van der Waals surface area (Å²) in [5, 5.41) is 3.49. The van der Waals surface area contributed by atoms with Gasteiger partial charge in [-0.2, -0.15) is 0 Å². The maximum atomic E-state index is 11.6. The Bertz CT molecular complexity index is 2750. The monoisotopic (exact) mass is 1730 g/mol. The van der Waals surface area contributed by atoms with Gasteiger partial charge in [-0.05, 0) is 263 Å². The van der Waals surface area contributed by atoms with E-state index < -0.39 is 0 Å². The van der Waals surface area contributed by atoms with Gasteiger partial charge >= 0.3 is 0 Å². The Balaban J connectivity index is 0.000000507. The molecule has 1 saturated carbocycles. The van der Waals surface area contributed by atoms with Crippen molar-refractivity contribution < 1.29 is 47.4 Å². The van der Waals surface area contributed by atoms with Crippen molar-refractivity contribution in [3.05, 3.63) is 41.7 Å². The first kappa shape index (κ1) is 116. The lowest BCUT2D eigenvalue weighted by Gasteiger charge is -2.46. The quantitative estimate of drug-likeness (QED) is 0.0523. The fraction of sp³-hybridized carbons (Fsp3) is 0.920. The molecule has 22 heteroatoms. The Labute approximate surface area is 753 Å². The lowest BCUT2D eigenvalue weighted by molar-refractivity contribution is -0.131. The minimum Gasteiger partial charge on any atom is -0.381 e. The smallest absolute Gasteiger partial charge is 0.163 e. The maximum absolute atomic E-state index is 11.6. The Hall–Kier alpha value is -2.24. The summed E-state index contributed by atoms with van der Waals surface area (Å²) in [5.41, 5.74) is 3.96. The second-order valence-corrected chi connectivity index (χ2v) is 47.0. The highest BCUT2D eigenvalue weighted by Gasteiger charge is 2.35. The van der Waals surface area contributed by atoms with Gasteiger partial charge in [0.15, 0.2) is 5.78 Å². The standard InChI is InChI=1S/C26H45N3O3.C17H37N3O.C17H32O4.2C14H30N2O.C12H26N2/c1-25(2,3)31-20-29-12-10-28(11-13-29)18-23-8-7-21(17-27-23)9-14-30-19-22-15-24(16-22)32-26(4,5)6;1-16(2,3)18-8-7-14-21-15-13-19-9-11-20(12-10-19)17(4,5)6;1-16(2,3)8-7-9-19-10-11-20-12-13-21-14-15(18)17(4,5)6;2*1-13(2,3)16-9-7-15(8-10-16)11-12-17-14(4,5)6;1-11(2,3)13-7-9-14(10-8-13)12(4,5)6/h7-8,17,22,24H,9-16,18-20H2,1-6H3;18H,7-15H2,1-6H3;7-8H,9-14H2,1-6H3;2*7-12H2,1-6H3;7-10H2,1-6H3/b;;8-7+;;;. The first-order valence-electron chi connectivity index (χ1n) is 47.7. The molecule has 0 amide bonds. The molecule has 6 fully saturated rings. The van der Waals surface area contributed by atoms with Crippen LogP contribution in [0.5, 0.6) is 0 Å². The molecule has 1 aromatic heterocycles. The van der Waals surface area contributed by atoms with Gasteiger partial charge in [0.1, 0.15) is 6.61 Å². The van der Waals surface area contributed by atoms with E-state index in [0.717, 1.165) is 137 Å². The first-order chi connectivity index (χ1) is 55.9. The average molecular weight is 1730 g/mol. The molecule has 720 valence electrons. The molecular weight excluding hydrogens is 1530 g/mol. The normalized spacial score (nSPS) is 20.1. The molecule has 5 aliphatic heterocycles. The summed E-state index contributed by atoms with van der Waals surface area (Å²) in [7, 11) is 0. The molecule has 22 nitrogen and oxygen atoms in total. The van der Waals surface area contributed by atoms with Crippen LogP contribution in [-0.4, -0.2) is 365 Å². The molecule has 6 heterocycles. The summed E-state index contributed by atoms with van der Waals surface area (Å²) in [6.07, 6.45) is 10.9. The largest absolute Gasteiger partial charge is 0.381 e. The number of nitrogens with zero attached hydrogens (tertiary/aromatic N) is 11. The van der Waals surface area contributed by atoms with Crippen molar-refractivity contribution in [3.8, 4) is 0 Å². The van der Waals surface area contributed by atoms with E-state index in [1.807, 2.05) is 33.0 Å². The highest BCUT2D eigenvalue weighted by Crippen LogP contribution is 2.33. The van der Waals surface area contributed by atoms with Gasteiger partial charge in [0.2, 0.25) is 0 Å². The number of aromatic nitrogens is 1. The van der Waals surface area contributed by atoms with Crippen LogP contribution in [0.3, 0.4) is 0 Å². The molecule has 7 rings (SSSR count). The van der Waals surface area contributed by atoms with Gasteiger partial charge in [-0.15, -0.1) is 0 Å². The van der Waals surface area contributed by atoms with Crippen LogP contribution in [0.15, 0.2) is 30.5 Å². The fourth-order valence-corrected chi connectivity index (χ4v) is 14.3. The van der Waals surface area contributed by atoms with E-state index in [0.29, 0.717) is 72.8 Å². The van der Waals surface area contributed by atoms with Gasteiger partial charge in [-0.1, -0.05) is 59.8 Å². The number of allylic oxidation sites excluding steroid dienone is 1. The summed E-state index contributed by atoms with van der Waals surface area (Å²) < 4.78 is 51.2. The van der Waals surface area contributed by atoms with E-state index in [-0.39, 0.29) is 51.2 Å². The zero-order chi connectivity index (χ0) is 92.7. The van der Waals surface area contributed by atoms with Gasteiger partial charge in [0, 0.05) is 215 Å². The number of ketones is 1. The molecule has 1 N–H and O–H groups in total. The number of Topliss-reactive ketones (excluding diaryl/α,β-unsaturated/α-hetero) is 1. The molecule has 6 aliphatic rings. The second-order valence-electron chi connectivity index (χ2n) is 47.0. The molecule has 0 spiro atoms. The number of piperazine rings is 5. The number of carbonyl (C=O) groups is 1. The van der Waals surface area contributed by atoms with Crippen molar-refractivity contribution >= 4 is 5.78 Å². The predicted molar refractivity (Wildman–Crippen MR) is 515 cm³/mol. The molecular formula is C100H200N12O10. The van der Waals surface area contributed by atoms with Gasteiger partial charge in [0.05, 0.1) is 100 Å². The Morgan fingerprint density at radius 3 is 1.15 bits per heavy atom. The van der Waals surface area contributed by atoms with Gasteiger partial charge in [-0.25, -0.2) is 0 Å². The highest BCUT2D eigenvalue weighted by atomic mass is 16.5. The molecule has 1 aromatic rings. The van der Waals surface area contributed by atoms with Crippen LogP contribution in [0.2, 0.25) is 0 Å². The Kier molecular flexibility index (Phi) is 52.4. The molecule has 0 atom stereocenters. The zero-order valence-electron chi connectivity index (χ0n) is 86.7. The maximum Gasteiger partial charge on any atom is 0.163 e. The fourth-order valence-electron chi connectivity index (χ4n) is 14.3. The SMILES string of the molecule is CC(C)(C)/C=C/COCCOCCOCC(=O)C(C)(C)C.CC(C)(C)N1CCN(C(C)(C)C)CC1.CC(C)(C)NCCCOCCN1CCN(C(C)(C)C)CC1.CC(C)(C)OCCN1CCN(C(C)(C)C)CC1.CC(C)(C)OCCN1CCN(C(C)(C)C)CC1.CC(C)(C)OCN1CCN(Cc2ccc(CCOCC3CC(OC(C)(C)C)C3)cn2)CC1. The predicted octanol–water partition coefficient (Wildman–Crippen LogP) is 16.2. The van der Waals surface area contributed by atoms with E-state index >= 15 is 0 Å². The van der Waals surface area contributed by atoms with Crippen molar-refractivity contribution in [2.24, 2.45) is 16.7 Å². The van der Waals surface area contributed by atoms with Gasteiger partial charge in [0.25, 0.3) is 0 Å². The third kappa shape index (κ3) is 59.9. The zero-order valence-corrected chi connectivity index (χ0v) is 86.7. The van der Waals surface area contributed by atoms with Crippen molar-refractivity contribution in [2.75, 3.05) is 243 Å². The lowest BCUT2D eigenvalue weighted by atomic mass is 9.82. The van der Waals surface area contributed by atoms with Crippen LogP contribution in [-0.2, 0) is 60.4 Å². The van der Waals surface area contributed by atoms with E-state index in [2.05, 4.69) is 301 Å². The summed E-state index contributed by atoms with van der Waals surface area (Å²) in [6.45, 7) is 116. The summed E-state index contributed by atoms with van der Waals surface area (Å²) >= 11 is 0. The summed E-state index contributed by atoms with van der Waals surface area (Å²) in [4.78, 5) is 41.5. The molecule has 1 aliphatic carbocycles. The van der Waals surface area contributed by atoms with Crippen LogP contribution in [0.4, 0.5) is 0 Å². The topological polar surface area (TPSA) is 157 Å². The molecule has 0 aromatic carbocycles. The first-order valence-corrected chi connectivity index (χ1v) is 47.7. The van der Waals surface area contributed by atoms with Crippen molar-refractivity contribution in [1.82, 2.24) is 59.3 Å². The van der Waals surface area contributed by atoms with Crippen molar-refractivity contribution in [3.63, 3.8) is 0 Å². The summed E-state index contributed by atoms with van der Waals surface area (Å²) in [6, 6.07) is 4.38. The van der Waals surface area contributed by atoms with Gasteiger partial charge in [-0.3, -0.25) is 58.8 Å². The Morgan fingerprint density at radius 2 is 0.779 bits per heavy atom. The second kappa shape index (κ2) is 55.2. The number of hydrogen-bond donors (Lipinski definition) is 1. The molecule has 0 bridgehead atoms. The molecule has 0 radical (unpaired) electrons. The number of ether oxygens (including phenoxy) is 9. The van der Waals surface area contributed by atoms with E-state index in [4.69, 9.17) is 47.6 Å². The number of pyridine rings is 1. The van der Waals surface area contributed by atoms with Crippen LogP contribution in [0, 0.1) is 16.7 Å². The van der Waals surface area contributed by atoms with Crippen molar-refractivity contribution in [1.29, 1.82) is 0 Å². The third-order valence-corrected chi connectivity index (χ3v) is 22.4. The Morgan fingerprint density at radius 1 is 0.402 bits per heavy atom. The van der Waals surface area contributed by atoms with Crippen LogP contribution >= 0.6 is 0 Å². The number of rotatable bonds is 33. The van der Waals surface area contributed by atoms with Crippen molar-refractivity contribution in [2.45, 2.75) is 343 Å². The molecule has 122 heavy (non-hydrogen) atoms. The minimum absolute atomic E-state index is 0.00671. The van der Waals surface area contributed by atoms with E-state index in [1.54, 1.807) is 0 Å². The third-order valence-electron chi connectivity index (χ3n) is 22.4. The van der Waals surface area contributed by atoms with Gasteiger partial charge < -0.3 is 47.9 Å². The highest BCUT2D eigenvalue weighted by molar-refractivity contribution is 5.84. The summed E-state index contributed by atoms with van der Waals surface area (Å²) in [5.74, 6) is 0.764. The average Bonchev–Trinajstić information content (AvgIpc) is 0.826. The molecule has 0 unspecified atom stereocenters. The molecule has 5 saturated heterocycles. The van der Waals surface area contributed by atoms with E-state index in [1.165, 1.54) is 110 Å².